The van der Waals surface area contributed by atoms with Crippen LogP contribution in [0.5, 0.6) is 5.75 Å². The average Bonchev–Trinajstić information content (AvgIpc) is 3.18. The highest BCUT2D eigenvalue weighted by Gasteiger charge is 2.64. The van der Waals surface area contributed by atoms with Crippen molar-refractivity contribution >= 4 is 27.8 Å². The van der Waals surface area contributed by atoms with Gasteiger partial charge in [0.25, 0.3) is 10.1 Å². The molecule has 4 aliphatic carbocycles. The van der Waals surface area contributed by atoms with Crippen molar-refractivity contribution in [1.29, 1.82) is 0 Å². The van der Waals surface area contributed by atoms with E-state index in [1.54, 1.807) is 31.4 Å². The van der Waals surface area contributed by atoms with Gasteiger partial charge >= 0.3 is 0 Å². The van der Waals surface area contributed by atoms with Crippen molar-refractivity contribution in [1.82, 2.24) is 0 Å². The van der Waals surface area contributed by atoms with Gasteiger partial charge in [0, 0.05) is 17.8 Å². The molecule has 7 atom stereocenters. The molecule has 0 amide bonds. The van der Waals surface area contributed by atoms with Crippen molar-refractivity contribution in [2.45, 2.75) is 76.7 Å². The second-order valence-electron chi connectivity index (χ2n) is 13.3. The van der Waals surface area contributed by atoms with E-state index in [2.05, 4.69) is 6.92 Å². The first-order valence-electron chi connectivity index (χ1n) is 14.9. The monoisotopic (exact) mass is 576 g/mol. The van der Waals surface area contributed by atoms with Crippen LogP contribution in [0.3, 0.4) is 0 Å². The number of fused-ring (bicyclic) bond motifs is 5. The van der Waals surface area contributed by atoms with Crippen LogP contribution in [0.4, 0.5) is 0 Å². The van der Waals surface area contributed by atoms with Gasteiger partial charge in [0.15, 0.2) is 5.78 Å². The molecule has 2 aromatic rings. The molecule has 6 nitrogen and oxygen atoms in total. The Hall–Kier alpha value is -2.77. The van der Waals surface area contributed by atoms with Crippen LogP contribution in [0, 0.1) is 41.4 Å². The van der Waals surface area contributed by atoms with Gasteiger partial charge in [0.1, 0.15) is 11.5 Å². The molecule has 7 heteroatoms. The molecule has 0 unspecified atom stereocenters. The SMILES string of the molecule is COc1ccc(/C=C2\C[C@@H]3[C@@H]4CC[C@H]5C[C@H](OS(=O)(=O)c6ccc(C)cc6)CC[C@]5(C)[C@@H]4C(=O)C[C@@]3(C)C2=O)cc1. The van der Waals surface area contributed by atoms with E-state index in [0.717, 1.165) is 41.7 Å². The number of aryl methyl sites for hydroxylation is 1. The van der Waals surface area contributed by atoms with Gasteiger partial charge in [-0.3, -0.25) is 13.8 Å². The van der Waals surface area contributed by atoms with Crippen molar-refractivity contribution in [2.24, 2.45) is 34.5 Å². The zero-order valence-corrected chi connectivity index (χ0v) is 25.2. The Morgan fingerprint density at radius 2 is 1.66 bits per heavy atom. The number of methoxy groups -OCH3 is 1. The Labute approximate surface area is 243 Å². The number of carbonyl (C=O) groups is 2. The van der Waals surface area contributed by atoms with Crippen LogP contribution in [0.15, 0.2) is 59.0 Å². The zero-order valence-electron chi connectivity index (χ0n) is 24.4. The molecule has 0 heterocycles. The molecule has 0 spiro atoms. The third kappa shape index (κ3) is 4.79. The molecule has 0 aromatic heterocycles. The Kier molecular flexibility index (Phi) is 7.05. The lowest BCUT2D eigenvalue weighted by molar-refractivity contribution is -0.161. The number of hydrogen-bond donors (Lipinski definition) is 0. The molecule has 0 bridgehead atoms. The van der Waals surface area contributed by atoms with E-state index < -0.39 is 15.5 Å². The van der Waals surface area contributed by atoms with Gasteiger partial charge in [0.05, 0.1) is 18.1 Å². The minimum Gasteiger partial charge on any atom is -0.497 e. The Balaban J connectivity index is 1.21. The largest absolute Gasteiger partial charge is 0.497 e. The van der Waals surface area contributed by atoms with E-state index in [4.69, 9.17) is 8.92 Å². The van der Waals surface area contributed by atoms with Gasteiger partial charge in [-0.2, -0.15) is 8.42 Å². The predicted octanol–water partition coefficient (Wildman–Crippen LogP) is 6.56. The maximum atomic E-state index is 13.9. The van der Waals surface area contributed by atoms with Crippen molar-refractivity contribution in [3.63, 3.8) is 0 Å². The van der Waals surface area contributed by atoms with Gasteiger partial charge in [-0.05, 0) is 110 Å². The van der Waals surface area contributed by atoms with Gasteiger partial charge in [0.2, 0.25) is 0 Å². The summed E-state index contributed by atoms with van der Waals surface area (Å²) in [6, 6.07) is 14.5. The first-order chi connectivity index (χ1) is 19.4. The predicted molar refractivity (Wildman–Crippen MR) is 157 cm³/mol. The summed E-state index contributed by atoms with van der Waals surface area (Å²) in [6.07, 6.45) is 6.43. The molecule has 0 saturated heterocycles. The first-order valence-corrected chi connectivity index (χ1v) is 16.3. The van der Waals surface area contributed by atoms with Crippen LogP contribution in [0.2, 0.25) is 0 Å². The number of benzene rings is 2. The maximum Gasteiger partial charge on any atom is 0.297 e. The molecule has 6 rings (SSSR count). The molecule has 4 fully saturated rings. The van der Waals surface area contributed by atoms with Crippen molar-refractivity contribution in [3.05, 3.63) is 65.2 Å². The average molecular weight is 577 g/mol. The molecule has 41 heavy (non-hydrogen) atoms. The molecule has 4 aliphatic rings. The Morgan fingerprint density at radius 1 is 0.951 bits per heavy atom. The van der Waals surface area contributed by atoms with Crippen molar-refractivity contribution in [3.8, 4) is 5.75 Å². The summed E-state index contributed by atoms with van der Waals surface area (Å²) < 4.78 is 37.0. The summed E-state index contributed by atoms with van der Waals surface area (Å²) in [7, 11) is -2.21. The summed E-state index contributed by atoms with van der Waals surface area (Å²) in [4.78, 5) is 27.9. The molecule has 0 N–H and O–H groups in total. The second kappa shape index (κ2) is 10.2. The van der Waals surface area contributed by atoms with E-state index in [0.29, 0.717) is 25.7 Å². The highest BCUT2D eigenvalue weighted by molar-refractivity contribution is 7.86. The quantitative estimate of drug-likeness (QED) is 0.296. The number of hydrogen-bond acceptors (Lipinski definition) is 6. The number of Topliss-reactive ketones (excluding diaryl/α,β-unsaturated/α-hetero) is 2. The van der Waals surface area contributed by atoms with Crippen LogP contribution < -0.4 is 4.74 Å². The molecule has 218 valence electrons. The smallest absolute Gasteiger partial charge is 0.297 e. The summed E-state index contributed by atoms with van der Waals surface area (Å²) in [5.74, 6) is 1.55. The van der Waals surface area contributed by atoms with Crippen LogP contribution >= 0.6 is 0 Å². The van der Waals surface area contributed by atoms with Crippen LogP contribution in [0.25, 0.3) is 6.08 Å². The Morgan fingerprint density at radius 3 is 2.34 bits per heavy atom. The first kappa shape index (κ1) is 28.4. The lowest BCUT2D eigenvalue weighted by Crippen LogP contribution is -2.57. The lowest BCUT2D eigenvalue weighted by atomic mass is 9.45. The van der Waals surface area contributed by atoms with Gasteiger partial charge in [-0.15, -0.1) is 0 Å². The normalized spacial score (nSPS) is 36.0. The Bertz CT molecular complexity index is 1490. The number of allylic oxidation sites excluding steroid dienone is 1. The molecular weight excluding hydrogens is 536 g/mol. The third-order valence-corrected chi connectivity index (χ3v) is 12.4. The number of ketones is 2. The summed E-state index contributed by atoms with van der Waals surface area (Å²) in [5.41, 5.74) is 1.92. The van der Waals surface area contributed by atoms with Crippen LogP contribution in [0.1, 0.15) is 69.9 Å². The molecule has 2 aromatic carbocycles. The minimum absolute atomic E-state index is 0.0953. The van der Waals surface area contributed by atoms with E-state index in [1.165, 1.54) is 0 Å². The number of carbonyl (C=O) groups excluding carboxylic acids is 2. The second-order valence-corrected chi connectivity index (χ2v) is 14.9. The molecule has 4 saturated carbocycles. The van der Waals surface area contributed by atoms with Gasteiger partial charge < -0.3 is 4.74 Å². The maximum absolute atomic E-state index is 13.9. The van der Waals surface area contributed by atoms with Crippen LogP contribution in [-0.4, -0.2) is 33.2 Å². The fourth-order valence-corrected chi connectivity index (χ4v) is 9.89. The lowest BCUT2D eigenvalue weighted by Gasteiger charge is -2.59. The highest BCUT2D eigenvalue weighted by Crippen LogP contribution is 2.65. The number of ether oxygens (including phenoxy) is 1. The fourth-order valence-electron chi connectivity index (χ4n) is 8.78. The van der Waals surface area contributed by atoms with Crippen molar-refractivity contribution < 1.29 is 26.9 Å². The van der Waals surface area contributed by atoms with Gasteiger partial charge in [-0.1, -0.05) is 43.7 Å². The zero-order chi connectivity index (χ0) is 29.2. The molecule has 0 aliphatic heterocycles. The fraction of sp³-hybridized carbons (Fsp3) is 0.529. The highest BCUT2D eigenvalue weighted by atomic mass is 32.2. The van der Waals surface area contributed by atoms with Crippen LogP contribution in [-0.2, 0) is 23.9 Å². The van der Waals surface area contributed by atoms with E-state index in [9.17, 15) is 18.0 Å². The summed E-state index contributed by atoms with van der Waals surface area (Å²) >= 11 is 0. The molecule has 0 radical (unpaired) electrons. The topological polar surface area (TPSA) is 86.7 Å². The summed E-state index contributed by atoms with van der Waals surface area (Å²) in [5, 5.41) is 0. The van der Waals surface area contributed by atoms with E-state index in [1.807, 2.05) is 44.2 Å². The van der Waals surface area contributed by atoms with Crippen molar-refractivity contribution in [2.75, 3.05) is 7.11 Å². The van der Waals surface area contributed by atoms with E-state index >= 15 is 0 Å². The number of rotatable bonds is 5. The standard InChI is InChI=1S/C34H40O6S/c1-21-5-12-27(13-6-21)41(37,38)40-26-15-16-33(2)24(19-26)9-14-28-29-18-23(17-22-7-10-25(39-4)11-8-22)32(36)34(29,3)20-30(35)31(28)33/h5-8,10-13,17,24,26,28-29,31H,9,14-16,18-20H2,1-4H3/b23-17+/t24-,26+,28-,29+,31-,33-,34+/m0/s1. The third-order valence-electron chi connectivity index (χ3n) is 11.0. The van der Waals surface area contributed by atoms with E-state index in [-0.39, 0.29) is 51.7 Å². The minimum atomic E-state index is -3.85. The summed E-state index contributed by atoms with van der Waals surface area (Å²) in [6.45, 7) is 6.17. The molecular formula is C34H40O6S. The van der Waals surface area contributed by atoms with Gasteiger partial charge in [-0.25, -0.2) is 0 Å².